The van der Waals surface area contributed by atoms with Crippen LogP contribution in [0.15, 0.2) is 80.7 Å². The van der Waals surface area contributed by atoms with Crippen LogP contribution in [0, 0.1) is 0 Å². The van der Waals surface area contributed by atoms with Crippen molar-refractivity contribution in [1.29, 1.82) is 0 Å². The Bertz CT molecular complexity index is 1020. The molecule has 1 heterocycles. The van der Waals surface area contributed by atoms with Gasteiger partial charge in [0.25, 0.3) is 5.91 Å². The molecule has 0 atom stereocenters. The molecule has 0 bridgehead atoms. The molecule has 0 radical (unpaired) electrons. The minimum absolute atomic E-state index is 0.0456. The Balaban J connectivity index is 1.74. The maximum absolute atomic E-state index is 12.4. The number of amides is 1. The van der Waals surface area contributed by atoms with Gasteiger partial charge in [0.2, 0.25) is 10.0 Å². The number of carbonyl (C=O) groups excluding carboxylic acids is 1. The summed E-state index contributed by atoms with van der Waals surface area (Å²) < 4.78 is 33.2. The maximum Gasteiger partial charge on any atom is 0.255 e. The summed E-state index contributed by atoms with van der Waals surface area (Å²) in [7, 11) is -3.73. The Kier molecular flexibility index (Phi) is 5.55. The molecule has 2 aromatic carbocycles. The number of halogens is 1. The standard InChI is InChI=1S/C18H15BrN2O4S/c19-14-5-1-4-13(10-14)18(22)21-15-6-2-8-17(11-15)26(23,24)20-12-16-7-3-9-25-16/h1-11,20H,12H2,(H,21,22). The van der Waals surface area contributed by atoms with E-state index >= 15 is 0 Å². The molecule has 26 heavy (non-hydrogen) atoms. The summed E-state index contributed by atoms with van der Waals surface area (Å²) in [6.07, 6.45) is 1.47. The lowest BCUT2D eigenvalue weighted by molar-refractivity contribution is 0.102. The molecule has 0 spiro atoms. The molecule has 2 N–H and O–H groups in total. The lowest BCUT2D eigenvalue weighted by atomic mass is 10.2. The number of rotatable bonds is 6. The third-order valence-corrected chi connectivity index (χ3v) is 5.40. The Hall–Kier alpha value is -2.42. The number of carbonyl (C=O) groups is 1. The summed E-state index contributed by atoms with van der Waals surface area (Å²) in [6, 6.07) is 16.3. The van der Waals surface area contributed by atoms with E-state index in [1.807, 2.05) is 6.07 Å². The van der Waals surface area contributed by atoms with Gasteiger partial charge in [-0.3, -0.25) is 4.79 Å². The molecule has 134 valence electrons. The predicted molar refractivity (Wildman–Crippen MR) is 101 cm³/mol. The van der Waals surface area contributed by atoms with E-state index in [2.05, 4.69) is 26.0 Å². The lowest BCUT2D eigenvalue weighted by Crippen LogP contribution is -2.23. The van der Waals surface area contributed by atoms with Crippen molar-refractivity contribution in [3.63, 3.8) is 0 Å². The predicted octanol–water partition coefficient (Wildman–Crippen LogP) is 3.77. The molecule has 0 saturated heterocycles. The normalized spacial score (nSPS) is 11.3. The highest BCUT2D eigenvalue weighted by Crippen LogP contribution is 2.18. The highest BCUT2D eigenvalue weighted by Gasteiger charge is 2.15. The zero-order valence-corrected chi connectivity index (χ0v) is 15.9. The zero-order valence-electron chi connectivity index (χ0n) is 13.5. The average molecular weight is 435 g/mol. The monoisotopic (exact) mass is 434 g/mol. The van der Waals surface area contributed by atoms with E-state index in [0.29, 0.717) is 17.0 Å². The van der Waals surface area contributed by atoms with Gasteiger partial charge in [0, 0.05) is 15.7 Å². The van der Waals surface area contributed by atoms with Crippen LogP contribution in [0.25, 0.3) is 0 Å². The van der Waals surface area contributed by atoms with Crippen LogP contribution in [0.4, 0.5) is 5.69 Å². The van der Waals surface area contributed by atoms with Crippen LogP contribution in [0.2, 0.25) is 0 Å². The van der Waals surface area contributed by atoms with E-state index in [-0.39, 0.29) is 17.3 Å². The number of furan rings is 1. The van der Waals surface area contributed by atoms with Crippen molar-refractivity contribution >= 4 is 37.5 Å². The molecule has 0 saturated carbocycles. The van der Waals surface area contributed by atoms with E-state index in [0.717, 1.165) is 4.47 Å². The van der Waals surface area contributed by atoms with Crippen LogP contribution in [0.3, 0.4) is 0 Å². The van der Waals surface area contributed by atoms with Crippen molar-refractivity contribution in [2.45, 2.75) is 11.4 Å². The van der Waals surface area contributed by atoms with Gasteiger partial charge in [0.15, 0.2) is 0 Å². The smallest absolute Gasteiger partial charge is 0.255 e. The second-order valence-electron chi connectivity index (χ2n) is 5.40. The minimum Gasteiger partial charge on any atom is -0.468 e. The second-order valence-corrected chi connectivity index (χ2v) is 8.08. The number of anilines is 1. The highest BCUT2D eigenvalue weighted by molar-refractivity contribution is 9.10. The Morgan fingerprint density at radius 2 is 1.85 bits per heavy atom. The van der Waals surface area contributed by atoms with Crippen molar-refractivity contribution in [3.8, 4) is 0 Å². The van der Waals surface area contributed by atoms with E-state index in [4.69, 9.17) is 4.42 Å². The molecule has 0 aliphatic carbocycles. The first kappa shape index (κ1) is 18.4. The van der Waals surface area contributed by atoms with Crippen LogP contribution in [-0.4, -0.2) is 14.3 Å². The van der Waals surface area contributed by atoms with Crippen LogP contribution >= 0.6 is 15.9 Å². The largest absolute Gasteiger partial charge is 0.468 e. The molecular weight excluding hydrogens is 420 g/mol. The van der Waals surface area contributed by atoms with Gasteiger partial charge >= 0.3 is 0 Å². The first-order valence-electron chi connectivity index (χ1n) is 7.63. The summed E-state index contributed by atoms with van der Waals surface area (Å²) in [4.78, 5) is 12.4. The van der Waals surface area contributed by atoms with Crippen molar-refractivity contribution in [3.05, 3.63) is 82.7 Å². The van der Waals surface area contributed by atoms with Crippen molar-refractivity contribution in [2.24, 2.45) is 0 Å². The molecule has 0 unspecified atom stereocenters. The topological polar surface area (TPSA) is 88.4 Å². The van der Waals surface area contributed by atoms with Crippen LogP contribution in [0.1, 0.15) is 16.1 Å². The van der Waals surface area contributed by atoms with E-state index in [1.54, 1.807) is 42.5 Å². The maximum atomic E-state index is 12.4. The van der Waals surface area contributed by atoms with Gasteiger partial charge in [-0.2, -0.15) is 0 Å². The Morgan fingerprint density at radius 1 is 1.04 bits per heavy atom. The molecular formula is C18H15BrN2O4S. The highest BCUT2D eigenvalue weighted by atomic mass is 79.9. The third-order valence-electron chi connectivity index (χ3n) is 3.51. The van der Waals surface area contributed by atoms with Crippen LogP contribution in [0.5, 0.6) is 0 Å². The van der Waals surface area contributed by atoms with Crippen LogP contribution in [-0.2, 0) is 16.6 Å². The van der Waals surface area contributed by atoms with Crippen LogP contribution < -0.4 is 10.0 Å². The van der Waals surface area contributed by atoms with Crippen molar-refractivity contribution in [1.82, 2.24) is 4.72 Å². The zero-order chi connectivity index (χ0) is 18.6. The molecule has 3 rings (SSSR count). The SMILES string of the molecule is O=C(Nc1cccc(S(=O)(=O)NCc2ccco2)c1)c1cccc(Br)c1. The second kappa shape index (κ2) is 7.86. The molecule has 3 aromatic rings. The fourth-order valence-electron chi connectivity index (χ4n) is 2.24. The summed E-state index contributed by atoms with van der Waals surface area (Å²) >= 11 is 3.31. The van der Waals surface area contributed by atoms with Gasteiger partial charge in [-0.1, -0.05) is 28.1 Å². The molecule has 1 aromatic heterocycles. The van der Waals surface area contributed by atoms with Gasteiger partial charge in [-0.25, -0.2) is 13.1 Å². The van der Waals surface area contributed by atoms with E-state index < -0.39 is 10.0 Å². The Labute approximate surface area is 159 Å². The fraction of sp³-hybridized carbons (Fsp3) is 0.0556. The van der Waals surface area contributed by atoms with E-state index in [1.165, 1.54) is 18.4 Å². The molecule has 6 nitrogen and oxygen atoms in total. The van der Waals surface area contributed by atoms with Gasteiger partial charge in [-0.15, -0.1) is 0 Å². The van der Waals surface area contributed by atoms with Gasteiger partial charge in [-0.05, 0) is 48.5 Å². The number of nitrogens with one attached hydrogen (secondary N) is 2. The van der Waals surface area contributed by atoms with Gasteiger partial charge in [0.05, 0.1) is 17.7 Å². The fourth-order valence-corrected chi connectivity index (χ4v) is 3.67. The molecule has 8 heteroatoms. The molecule has 0 aliphatic rings. The number of sulfonamides is 1. The van der Waals surface area contributed by atoms with Gasteiger partial charge < -0.3 is 9.73 Å². The quantitative estimate of drug-likeness (QED) is 0.617. The number of benzene rings is 2. The molecule has 1 amide bonds. The summed E-state index contributed by atoms with van der Waals surface area (Å²) in [5.41, 5.74) is 0.847. The van der Waals surface area contributed by atoms with Crippen molar-refractivity contribution < 1.29 is 17.6 Å². The summed E-state index contributed by atoms with van der Waals surface area (Å²) in [5.74, 6) is 0.178. The Morgan fingerprint density at radius 3 is 2.58 bits per heavy atom. The minimum atomic E-state index is -3.73. The first-order chi connectivity index (χ1) is 12.4. The summed E-state index contributed by atoms with van der Waals surface area (Å²) in [6.45, 7) is 0.0456. The van der Waals surface area contributed by atoms with E-state index in [9.17, 15) is 13.2 Å². The third kappa shape index (κ3) is 4.60. The number of hydrogen-bond donors (Lipinski definition) is 2. The van der Waals surface area contributed by atoms with Crippen molar-refractivity contribution in [2.75, 3.05) is 5.32 Å². The lowest BCUT2D eigenvalue weighted by Gasteiger charge is -2.09. The first-order valence-corrected chi connectivity index (χ1v) is 9.91. The molecule has 0 fully saturated rings. The summed E-state index contributed by atoms with van der Waals surface area (Å²) in [5, 5.41) is 2.70. The number of hydrogen-bond acceptors (Lipinski definition) is 4. The average Bonchev–Trinajstić information content (AvgIpc) is 3.14. The molecule has 0 aliphatic heterocycles. The van der Waals surface area contributed by atoms with Gasteiger partial charge in [0.1, 0.15) is 5.76 Å².